The average Bonchev–Trinajstić information content (AvgIpc) is 3.81. The van der Waals surface area contributed by atoms with Gasteiger partial charge in [0.25, 0.3) is 0 Å². The number of halogens is 3. The summed E-state index contributed by atoms with van der Waals surface area (Å²) in [5, 5.41) is 6.97. The molecule has 2 aliphatic rings. The van der Waals surface area contributed by atoms with E-state index in [0.717, 1.165) is 42.2 Å². The predicted octanol–water partition coefficient (Wildman–Crippen LogP) is 7.37. The number of carbonyl (C=O) groups is 5. The molecule has 2 atom stereocenters. The van der Waals surface area contributed by atoms with E-state index in [1.165, 1.54) is 29.4 Å². The van der Waals surface area contributed by atoms with Gasteiger partial charge in [0.15, 0.2) is 0 Å². The minimum atomic E-state index is -5.10. The first-order chi connectivity index (χ1) is 31.2. The lowest BCUT2D eigenvalue weighted by atomic mass is 9.98. The van der Waals surface area contributed by atoms with Crippen LogP contribution in [0.15, 0.2) is 97.1 Å². The van der Waals surface area contributed by atoms with Crippen molar-refractivity contribution in [1.29, 1.82) is 0 Å². The highest BCUT2D eigenvalue weighted by Crippen LogP contribution is 2.45. The molecule has 2 aliphatic carbocycles. The van der Waals surface area contributed by atoms with Gasteiger partial charge >= 0.3 is 36.2 Å². The van der Waals surface area contributed by atoms with E-state index in [1.807, 2.05) is 72.8 Å². The zero-order valence-corrected chi connectivity index (χ0v) is 36.9. The second-order valence-corrected chi connectivity index (χ2v) is 15.1. The van der Waals surface area contributed by atoms with Crippen LogP contribution in [-0.4, -0.2) is 103 Å². The fourth-order valence-corrected chi connectivity index (χ4v) is 7.54. The number of carbonyl (C=O) groups excluding carboxylic acids is 5. The van der Waals surface area contributed by atoms with Gasteiger partial charge in [0, 0.05) is 39.1 Å². The van der Waals surface area contributed by atoms with E-state index in [0.29, 0.717) is 26.0 Å². The third-order valence-corrected chi connectivity index (χ3v) is 10.6. The number of hydrogen-bond acceptors (Lipinski definition) is 11. The lowest BCUT2D eigenvalue weighted by molar-refractivity contribution is -0.175. The van der Waals surface area contributed by atoms with Crippen LogP contribution in [0.1, 0.15) is 72.6 Å². The van der Waals surface area contributed by atoms with E-state index in [2.05, 4.69) is 49.1 Å². The quantitative estimate of drug-likeness (QED) is 0.0470. The summed E-state index contributed by atoms with van der Waals surface area (Å²) in [5.41, 5.74) is 14.9. The summed E-state index contributed by atoms with van der Waals surface area (Å²) in [6.07, 6.45) is -3.62. The molecule has 6 rings (SSSR count). The lowest BCUT2D eigenvalue weighted by Crippen LogP contribution is -2.47. The van der Waals surface area contributed by atoms with Gasteiger partial charge < -0.3 is 45.4 Å². The normalized spacial score (nSPS) is 13.0. The Labute approximate surface area is 376 Å². The van der Waals surface area contributed by atoms with Gasteiger partial charge in [-0.05, 0) is 83.0 Å². The third kappa shape index (κ3) is 14.8. The Bertz CT molecular complexity index is 2110. The minimum Gasteiger partial charge on any atom is -0.468 e. The lowest BCUT2D eigenvalue weighted by Gasteiger charge is -2.17. The number of amides is 3. The number of rotatable bonds is 17. The maximum atomic E-state index is 12.4. The van der Waals surface area contributed by atoms with Crippen molar-refractivity contribution >= 4 is 30.0 Å². The summed E-state index contributed by atoms with van der Waals surface area (Å²) in [6, 6.07) is 30.3. The Morgan fingerprint density at radius 1 is 0.569 bits per heavy atom. The summed E-state index contributed by atoms with van der Waals surface area (Å²) in [6.45, 7) is 1.13. The number of methoxy groups -OCH3 is 3. The third-order valence-electron chi connectivity index (χ3n) is 10.6. The van der Waals surface area contributed by atoms with E-state index in [9.17, 15) is 37.1 Å². The van der Waals surface area contributed by atoms with Crippen LogP contribution in [0.5, 0.6) is 0 Å². The smallest absolute Gasteiger partial charge is 0.468 e. The molecule has 5 N–H and O–H groups in total. The van der Waals surface area contributed by atoms with Crippen molar-refractivity contribution in [3.8, 4) is 22.3 Å². The number of esters is 2. The van der Waals surface area contributed by atoms with E-state index < -0.39 is 48.3 Å². The van der Waals surface area contributed by atoms with Gasteiger partial charge in [-0.3, -0.25) is 9.59 Å². The van der Waals surface area contributed by atoms with E-state index >= 15 is 0 Å². The Morgan fingerprint density at radius 3 is 1.28 bits per heavy atom. The molecule has 65 heavy (non-hydrogen) atoms. The van der Waals surface area contributed by atoms with Gasteiger partial charge in [-0.15, -0.1) is 0 Å². The van der Waals surface area contributed by atoms with Crippen LogP contribution in [0, 0.1) is 0 Å². The summed E-state index contributed by atoms with van der Waals surface area (Å²) in [7, 11) is 5.59. The number of ether oxygens (including phenoxy) is 5. The van der Waals surface area contributed by atoms with Gasteiger partial charge in [-0.2, -0.15) is 13.2 Å². The van der Waals surface area contributed by atoms with Gasteiger partial charge in [-0.1, -0.05) is 97.1 Å². The number of alkyl halides is 3. The number of unbranched alkanes of at least 4 members (excludes halogenated alkanes) is 2. The van der Waals surface area contributed by atoms with Crippen molar-refractivity contribution in [3.05, 3.63) is 119 Å². The first-order valence-corrected chi connectivity index (χ1v) is 21.1. The van der Waals surface area contributed by atoms with Crippen molar-refractivity contribution in [2.75, 3.05) is 54.7 Å². The molecule has 4 aromatic rings. The molecule has 0 saturated carbocycles. The fraction of sp³-hybridized carbons (Fsp3) is 0.396. The average molecular weight is 907 g/mol. The first kappa shape index (κ1) is 51.2. The monoisotopic (exact) mass is 906 g/mol. The van der Waals surface area contributed by atoms with E-state index in [4.69, 9.17) is 15.2 Å². The topological polar surface area (TPSA) is 194 Å². The maximum absolute atomic E-state index is 12.4. The van der Waals surface area contributed by atoms with Crippen LogP contribution < -0.4 is 21.7 Å². The first-order valence-electron chi connectivity index (χ1n) is 21.1. The van der Waals surface area contributed by atoms with Crippen LogP contribution >= 0.6 is 0 Å². The summed E-state index contributed by atoms with van der Waals surface area (Å²) >= 11 is 0. The Balaban J connectivity index is 0.000000273. The Kier molecular flexibility index (Phi) is 20.3. The molecule has 0 aromatic heterocycles. The highest BCUT2D eigenvalue weighted by Gasteiger charge is 2.41. The molecular weight excluding hydrogens is 850 g/mol. The molecule has 0 fully saturated rings. The second-order valence-electron chi connectivity index (χ2n) is 15.1. The van der Waals surface area contributed by atoms with E-state index in [1.54, 1.807) is 19.5 Å². The maximum Gasteiger partial charge on any atom is 0.471 e. The van der Waals surface area contributed by atoms with Crippen LogP contribution in [0.2, 0.25) is 0 Å². The van der Waals surface area contributed by atoms with Crippen LogP contribution in [0.25, 0.3) is 22.3 Å². The highest BCUT2D eigenvalue weighted by atomic mass is 19.4. The molecule has 0 heterocycles. The van der Waals surface area contributed by atoms with Gasteiger partial charge in [-0.25, -0.2) is 14.4 Å². The molecule has 0 saturated heterocycles. The SMILES string of the molecule is COC.COC(=O)[C@@H](N)CCCCNC(=O)OCC1c2ccccc2-c2ccccc21.COC(=O)[C@H](CCCCNC(=O)OCC1c2ccccc2-c2ccccc21)NC(=O)C(F)(F)F. The highest BCUT2D eigenvalue weighted by molar-refractivity contribution is 5.87. The molecule has 0 bridgehead atoms. The number of nitrogens with one attached hydrogen (secondary N) is 3. The minimum absolute atomic E-state index is 0.0520. The standard InChI is InChI=1S/C24H25F3N2O5.C22H26N2O4.C2H6O/c1-33-21(30)20(29-22(31)24(25,26)27)12-6-7-13-28-23(32)34-14-19-17-10-4-2-8-15(17)16-9-3-5-11-18(16)19;1-27-21(25)20(23)12-6-7-13-24-22(26)28-14-19-17-10-4-2-8-15(17)16-9-3-5-11-18(16)19;1-3-2/h2-5,8-11,19-20H,6-7,12-14H2,1H3,(H,28,32)(H,29,31);2-5,8-11,19-20H,6-7,12-14,23H2,1H3,(H,24,26);1-2H3/t2*20-;/m00./s1. The van der Waals surface area contributed by atoms with Gasteiger partial charge in [0.1, 0.15) is 25.3 Å². The Hall–Kier alpha value is -6.46. The molecule has 0 radical (unpaired) electrons. The van der Waals surface area contributed by atoms with Gasteiger partial charge in [0.05, 0.1) is 14.2 Å². The van der Waals surface area contributed by atoms with E-state index in [-0.39, 0.29) is 37.8 Å². The van der Waals surface area contributed by atoms with Gasteiger partial charge in [0.2, 0.25) is 0 Å². The number of hydrogen-bond donors (Lipinski definition) is 4. The van der Waals surface area contributed by atoms with Crippen molar-refractivity contribution in [1.82, 2.24) is 16.0 Å². The molecule has 4 aromatic carbocycles. The summed E-state index contributed by atoms with van der Waals surface area (Å²) in [4.78, 5) is 58.1. The van der Waals surface area contributed by atoms with Crippen LogP contribution in [0.4, 0.5) is 22.8 Å². The zero-order chi connectivity index (χ0) is 47.4. The van der Waals surface area contributed by atoms with Crippen molar-refractivity contribution < 1.29 is 60.8 Å². The second kappa shape index (κ2) is 25.7. The molecular formula is C48H57F3N4O10. The number of nitrogens with two attached hydrogens (primary N) is 1. The van der Waals surface area contributed by atoms with Crippen molar-refractivity contribution in [2.24, 2.45) is 5.73 Å². The van der Waals surface area contributed by atoms with Crippen LogP contribution in [0.3, 0.4) is 0 Å². The van der Waals surface area contributed by atoms with Crippen LogP contribution in [-0.2, 0) is 38.1 Å². The largest absolute Gasteiger partial charge is 0.471 e. The number of alkyl carbamates (subject to hydrolysis) is 2. The molecule has 0 unspecified atom stereocenters. The molecule has 0 spiro atoms. The summed E-state index contributed by atoms with van der Waals surface area (Å²) < 4.78 is 61.5. The molecule has 3 amide bonds. The number of benzene rings is 4. The number of fused-ring (bicyclic) bond motifs is 6. The predicted molar refractivity (Wildman–Crippen MR) is 237 cm³/mol. The Morgan fingerprint density at radius 2 is 0.923 bits per heavy atom. The summed E-state index contributed by atoms with van der Waals surface area (Å²) in [5.74, 6) is -3.61. The fourth-order valence-electron chi connectivity index (χ4n) is 7.54. The zero-order valence-electron chi connectivity index (χ0n) is 36.9. The molecule has 0 aliphatic heterocycles. The molecule has 17 heteroatoms. The van der Waals surface area contributed by atoms with Crippen molar-refractivity contribution in [2.45, 2.75) is 68.6 Å². The molecule has 350 valence electrons. The molecule has 14 nitrogen and oxygen atoms in total. The van der Waals surface area contributed by atoms with Crippen molar-refractivity contribution in [3.63, 3.8) is 0 Å².